The van der Waals surface area contributed by atoms with Crippen LogP contribution < -0.4 is 10.7 Å². The summed E-state index contributed by atoms with van der Waals surface area (Å²) >= 11 is 0. The van der Waals surface area contributed by atoms with Crippen LogP contribution >= 0.6 is 0 Å². The van der Waals surface area contributed by atoms with Crippen molar-refractivity contribution >= 4 is 28.6 Å². The van der Waals surface area contributed by atoms with Crippen molar-refractivity contribution in [2.24, 2.45) is 4.99 Å². The zero-order valence-corrected chi connectivity index (χ0v) is 17.7. The lowest BCUT2D eigenvalue weighted by Gasteiger charge is -2.18. The first-order chi connectivity index (χ1) is 15.4. The molecule has 3 N–H and O–H groups in total. The van der Waals surface area contributed by atoms with Crippen molar-refractivity contribution in [1.29, 1.82) is 0 Å². The molecule has 0 amide bonds. The molecule has 0 saturated carbocycles. The van der Waals surface area contributed by atoms with Crippen LogP contribution in [0, 0.1) is 0 Å². The molecule has 0 radical (unpaired) electrons. The minimum Gasteiger partial charge on any atom is -0.478 e. The first-order valence-corrected chi connectivity index (χ1v) is 10.3. The van der Waals surface area contributed by atoms with E-state index >= 15 is 0 Å². The molecule has 0 aromatic heterocycles. The van der Waals surface area contributed by atoms with Crippen molar-refractivity contribution in [2.75, 3.05) is 18.4 Å². The Hall–Kier alpha value is -4.13. The van der Waals surface area contributed by atoms with E-state index in [0.717, 1.165) is 17.6 Å². The summed E-state index contributed by atoms with van der Waals surface area (Å²) in [5, 5.41) is 24.0. The molecule has 4 rings (SSSR count). The van der Waals surface area contributed by atoms with Gasteiger partial charge >= 0.3 is 11.9 Å². The summed E-state index contributed by atoms with van der Waals surface area (Å²) < 4.78 is 6.20. The first-order valence-electron chi connectivity index (χ1n) is 10.3. The second-order valence-corrected chi connectivity index (χ2v) is 7.24. The van der Waals surface area contributed by atoms with Crippen molar-refractivity contribution in [3.05, 3.63) is 71.1 Å². The van der Waals surface area contributed by atoms with Crippen LogP contribution in [0.25, 0.3) is 33.4 Å². The number of hydrogen-bond acceptors (Lipinski definition) is 5. The molecule has 2 aliphatic rings. The highest BCUT2D eigenvalue weighted by atomic mass is 16.4. The van der Waals surface area contributed by atoms with Crippen LogP contribution in [0.15, 0.2) is 64.0 Å². The molecule has 0 unspecified atom stereocenters. The van der Waals surface area contributed by atoms with Gasteiger partial charge in [0.1, 0.15) is 11.3 Å². The Morgan fingerprint density at radius 3 is 2.44 bits per heavy atom. The number of anilines is 1. The van der Waals surface area contributed by atoms with Gasteiger partial charge in [-0.05, 0) is 61.9 Å². The van der Waals surface area contributed by atoms with Gasteiger partial charge in [0, 0.05) is 47.4 Å². The predicted octanol–water partition coefficient (Wildman–Crippen LogP) is 4.95. The molecule has 32 heavy (non-hydrogen) atoms. The molecular formula is C25H22N2O5. The number of carbonyl (C=O) groups is 2. The minimum absolute atomic E-state index is 0.00830. The first kappa shape index (κ1) is 21.1. The highest BCUT2D eigenvalue weighted by molar-refractivity contribution is 6.09. The van der Waals surface area contributed by atoms with Crippen molar-refractivity contribution in [1.82, 2.24) is 0 Å². The Morgan fingerprint density at radius 1 is 0.938 bits per heavy atom. The average Bonchev–Trinajstić information content (AvgIpc) is 2.77. The number of nitrogens with one attached hydrogen (secondary N) is 1. The molecule has 0 saturated heterocycles. The Labute approximate surface area is 184 Å². The number of fused-ring (bicyclic) bond motifs is 2. The highest BCUT2D eigenvalue weighted by Crippen LogP contribution is 2.42. The van der Waals surface area contributed by atoms with Crippen molar-refractivity contribution in [3.63, 3.8) is 0 Å². The fraction of sp³-hybridized carbons (Fsp3) is 0.160. The lowest BCUT2D eigenvalue weighted by Crippen LogP contribution is -2.07. The van der Waals surface area contributed by atoms with Crippen molar-refractivity contribution < 1.29 is 24.2 Å². The van der Waals surface area contributed by atoms with E-state index < -0.39 is 11.9 Å². The van der Waals surface area contributed by atoms with Gasteiger partial charge in [-0.2, -0.15) is 0 Å². The summed E-state index contributed by atoms with van der Waals surface area (Å²) in [6, 6.07) is 15.1. The second kappa shape index (κ2) is 8.55. The Morgan fingerprint density at radius 2 is 1.75 bits per heavy atom. The van der Waals surface area contributed by atoms with Crippen LogP contribution in [0.3, 0.4) is 0 Å². The molecule has 1 aliphatic carbocycles. The summed E-state index contributed by atoms with van der Waals surface area (Å²) in [7, 11) is 0. The maximum absolute atomic E-state index is 12.0. The van der Waals surface area contributed by atoms with E-state index in [1.165, 1.54) is 18.2 Å². The maximum atomic E-state index is 12.0. The quantitative estimate of drug-likeness (QED) is 0.373. The lowest BCUT2D eigenvalue weighted by atomic mass is 9.89. The number of hydrogen-bond donors (Lipinski definition) is 3. The van der Waals surface area contributed by atoms with Gasteiger partial charge in [-0.25, -0.2) is 9.59 Å². The summed E-state index contributed by atoms with van der Waals surface area (Å²) in [6.07, 6.45) is 0. The van der Waals surface area contributed by atoms with Gasteiger partial charge in [0.15, 0.2) is 0 Å². The normalized spacial score (nSPS) is 11.8. The summed E-state index contributed by atoms with van der Waals surface area (Å²) in [4.78, 5) is 28.1. The number of carboxylic acids is 2. The van der Waals surface area contributed by atoms with E-state index in [1.54, 1.807) is 0 Å². The minimum atomic E-state index is -1.14. The van der Waals surface area contributed by atoms with Gasteiger partial charge in [0.2, 0.25) is 0 Å². The molecule has 0 bridgehead atoms. The van der Waals surface area contributed by atoms with Crippen LogP contribution in [-0.4, -0.2) is 35.2 Å². The Kier molecular flexibility index (Phi) is 5.64. The number of benzene rings is 3. The monoisotopic (exact) mass is 430 g/mol. The second-order valence-electron chi connectivity index (χ2n) is 7.24. The average molecular weight is 430 g/mol. The largest absolute Gasteiger partial charge is 0.478 e. The van der Waals surface area contributed by atoms with Gasteiger partial charge in [0.05, 0.1) is 16.5 Å². The molecule has 0 spiro atoms. The highest BCUT2D eigenvalue weighted by Gasteiger charge is 2.23. The maximum Gasteiger partial charge on any atom is 0.336 e. The number of aromatic carboxylic acids is 2. The van der Waals surface area contributed by atoms with Crippen LogP contribution in [0.5, 0.6) is 0 Å². The van der Waals surface area contributed by atoms with E-state index in [9.17, 15) is 19.8 Å². The third-order valence-electron chi connectivity index (χ3n) is 5.19. The van der Waals surface area contributed by atoms with Gasteiger partial charge in [-0.1, -0.05) is 0 Å². The van der Waals surface area contributed by atoms with E-state index in [4.69, 9.17) is 4.42 Å². The molecule has 0 atom stereocenters. The molecule has 7 nitrogen and oxygen atoms in total. The molecule has 2 aromatic carbocycles. The van der Waals surface area contributed by atoms with E-state index in [0.29, 0.717) is 40.0 Å². The molecule has 1 heterocycles. The lowest BCUT2D eigenvalue weighted by molar-refractivity contribution is 0.0682. The summed E-state index contributed by atoms with van der Waals surface area (Å²) in [5.41, 5.74) is 3.04. The van der Waals surface area contributed by atoms with E-state index in [1.807, 2.05) is 50.2 Å². The molecule has 7 heteroatoms. The Balaban J connectivity index is 2.16. The molecule has 1 aliphatic heterocycles. The van der Waals surface area contributed by atoms with Crippen LogP contribution in [0.2, 0.25) is 0 Å². The van der Waals surface area contributed by atoms with Crippen LogP contribution in [0.4, 0.5) is 5.69 Å². The van der Waals surface area contributed by atoms with Crippen LogP contribution in [-0.2, 0) is 0 Å². The number of rotatable bonds is 6. The predicted molar refractivity (Wildman–Crippen MR) is 122 cm³/mol. The van der Waals surface area contributed by atoms with Gasteiger partial charge in [-0.15, -0.1) is 0 Å². The SMILES string of the molecule is CCN=c1ccc2c(-c3cc(C(=O)O)ccc3C(=O)O)c3ccc(NCC)cc3oc-2c1. The number of nitrogens with zero attached hydrogens (tertiary/aromatic N) is 1. The fourth-order valence-corrected chi connectivity index (χ4v) is 3.83. The summed E-state index contributed by atoms with van der Waals surface area (Å²) in [5.74, 6) is -1.73. The third-order valence-corrected chi connectivity index (χ3v) is 5.19. The zero-order valence-electron chi connectivity index (χ0n) is 17.7. The third kappa shape index (κ3) is 3.80. The Bertz CT molecular complexity index is 1390. The smallest absolute Gasteiger partial charge is 0.336 e. The van der Waals surface area contributed by atoms with Crippen molar-refractivity contribution in [2.45, 2.75) is 13.8 Å². The standard InChI is InChI=1S/C25H22N2O5/c1-3-26-15-6-9-18-21(12-15)32-22-13-16(27-4-2)7-10-19(22)23(18)20-11-14(24(28)29)5-8-17(20)25(30)31/h5-13,26H,3-4H2,1-2H3,(H,28,29)(H,30,31). The zero-order chi connectivity index (χ0) is 22.8. The van der Waals surface area contributed by atoms with Gasteiger partial charge < -0.3 is 19.9 Å². The number of carboxylic acid groups (broad SMARTS) is 2. The van der Waals surface area contributed by atoms with E-state index in [2.05, 4.69) is 10.3 Å². The van der Waals surface area contributed by atoms with Gasteiger partial charge in [-0.3, -0.25) is 4.99 Å². The summed E-state index contributed by atoms with van der Waals surface area (Å²) in [6.45, 7) is 5.27. The molecule has 162 valence electrons. The molecular weight excluding hydrogens is 408 g/mol. The van der Waals surface area contributed by atoms with Crippen LogP contribution in [0.1, 0.15) is 34.6 Å². The topological polar surface area (TPSA) is 112 Å². The van der Waals surface area contributed by atoms with Gasteiger partial charge in [0.25, 0.3) is 0 Å². The molecule has 2 aromatic rings. The molecule has 0 fully saturated rings. The fourth-order valence-electron chi connectivity index (χ4n) is 3.83. The van der Waals surface area contributed by atoms with E-state index in [-0.39, 0.29) is 11.1 Å². The van der Waals surface area contributed by atoms with Crippen molar-refractivity contribution in [3.8, 4) is 22.5 Å².